The van der Waals surface area contributed by atoms with E-state index in [9.17, 15) is 4.79 Å². The van der Waals surface area contributed by atoms with Gasteiger partial charge in [0, 0.05) is 17.1 Å². The molecule has 20 heavy (non-hydrogen) atoms. The van der Waals surface area contributed by atoms with Crippen LogP contribution in [0.3, 0.4) is 0 Å². The molecule has 1 aliphatic heterocycles. The van der Waals surface area contributed by atoms with Crippen LogP contribution in [0.5, 0.6) is 0 Å². The summed E-state index contributed by atoms with van der Waals surface area (Å²) in [5.41, 5.74) is 0.647. The second kappa shape index (κ2) is 5.58. The van der Waals surface area contributed by atoms with Crippen molar-refractivity contribution in [1.82, 2.24) is 25.1 Å². The molecule has 0 unspecified atom stereocenters. The van der Waals surface area contributed by atoms with Crippen molar-refractivity contribution in [1.29, 1.82) is 0 Å². The maximum Gasteiger partial charge on any atom is 0.319 e. The molecule has 104 valence electrons. The third-order valence-corrected chi connectivity index (χ3v) is 3.54. The lowest BCUT2D eigenvalue weighted by Gasteiger charge is -2.23. The number of fused-ring (bicyclic) bond motifs is 1. The number of nitrogens with one attached hydrogen (secondary N) is 2. The number of hydrogen-bond donors (Lipinski definition) is 2. The highest BCUT2D eigenvalue weighted by atomic mass is 79.9. The third-order valence-electron chi connectivity index (χ3n) is 3.10. The quantitative estimate of drug-likeness (QED) is 0.871. The SMILES string of the molecule is O=C(Nc1cncc(Br)c1)N[C@@H]1CCc2ncnn2C1. The Labute approximate surface area is 123 Å². The van der Waals surface area contributed by atoms with Crippen LogP contribution in [0.25, 0.3) is 0 Å². The normalized spacial score (nSPS) is 17.4. The highest BCUT2D eigenvalue weighted by Crippen LogP contribution is 2.14. The topological polar surface area (TPSA) is 84.7 Å². The standard InChI is InChI=1S/C12H13BrN6O/c13-8-3-10(5-14-4-8)18-12(20)17-9-1-2-11-15-7-16-19(11)6-9/h3-5,7,9H,1-2,6H2,(H2,17,18,20)/t9-/m1/s1. The number of hydrogen-bond acceptors (Lipinski definition) is 4. The minimum atomic E-state index is -0.238. The van der Waals surface area contributed by atoms with Crippen LogP contribution in [0, 0.1) is 0 Å². The van der Waals surface area contributed by atoms with Gasteiger partial charge >= 0.3 is 6.03 Å². The predicted octanol–water partition coefficient (Wildman–Crippen LogP) is 1.57. The van der Waals surface area contributed by atoms with E-state index in [1.807, 2.05) is 4.68 Å². The molecule has 2 aromatic heterocycles. The van der Waals surface area contributed by atoms with Gasteiger partial charge in [-0.2, -0.15) is 5.10 Å². The smallest absolute Gasteiger partial charge is 0.319 e. The lowest BCUT2D eigenvalue weighted by molar-refractivity contribution is 0.243. The first-order chi connectivity index (χ1) is 9.70. The zero-order chi connectivity index (χ0) is 13.9. The van der Waals surface area contributed by atoms with E-state index in [-0.39, 0.29) is 12.1 Å². The van der Waals surface area contributed by atoms with Gasteiger partial charge in [0.05, 0.1) is 24.5 Å². The van der Waals surface area contributed by atoms with Crippen molar-refractivity contribution in [3.05, 3.63) is 35.1 Å². The Hall–Kier alpha value is -1.96. The number of aromatic nitrogens is 4. The molecule has 0 bridgehead atoms. The van der Waals surface area contributed by atoms with Gasteiger partial charge in [0.1, 0.15) is 12.2 Å². The number of rotatable bonds is 2. The molecule has 2 N–H and O–H groups in total. The van der Waals surface area contributed by atoms with Crippen LogP contribution < -0.4 is 10.6 Å². The van der Waals surface area contributed by atoms with Crippen LogP contribution in [-0.2, 0) is 13.0 Å². The Morgan fingerprint density at radius 2 is 2.35 bits per heavy atom. The summed E-state index contributed by atoms with van der Waals surface area (Å²) in [6.07, 6.45) is 6.49. The summed E-state index contributed by atoms with van der Waals surface area (Å²) in [5.74, 6) is 0.972. The van der Waals surface area contributed by atoms with E-state index < -0.39 is 0 Å². The molecule has 7 nitrogen and oxygen atoms in total. The van der Waals surface area contributed by atoms with Crippen molar-refractivity contribution in [2.75, 3.05) is 5.32 Å². The molecule has 0 saturated carbocycles. The zero-order valence-corrected chi connectivity index (χ0v) is 12.2. The van der Waals surface area contributed by atoms with Gasteiger partial charge < -0.3 is 10.6 Å². The van der Waals surface area contributed by atoms with Gasteiger partial charge in [-0.1, -0.05) is 0 Å². The van der Waals surface area contributed by atoms with E-state index in [0.717, 1.165) is 23.1 Å². The number of amides is 2. The Balaban J connectivity index is 1.57. The van der Waals surface area contributed by atoms with Gasteiger partial charge in [-0.3, -0.25) is 4.98 Å². The molecular formula is C12H13BrN6O. The number of halogens is 1. The Morgan fingerprint density at radius 3 is 3.20 bits per heavy atom. The summed E-state index contributed by atoms with van der Waals surface area (Å²) in [4.78, 5) is 20.1. The van der Waals surface area contributed by atoms with Gasteiger partial charge in [0.25, 0.3) is 0 Å². The molecule has 3 rings (SSSR count). The first-order valence-corrected chi connectivity index (χ1v) is 7.05. The molecule has 0 fully saturated rings. The minimum absolute atomic E-state index is 0.0595. The number of carbonyl (C=O) groups excluding carboxylic acids is 1. The van der Waals surface area contributed by atoms with Crippen molar-refractivity contribution in [2.24, 2.45) is 0 Å². The highest BCUT2D eigenvalue weighted by molar-refractivity contribution is 9.10. The molecule has 0 saturated heterocycles. The van der Waals surface area contributed by atoms with Crippen molar-refractivity contribution in [2.45, 2.75) is 25.4 Å². The summed E-state index contributed by atoms with van der Waals surface area (Å²) < 4.78 is 2.65. The second-order valence-corrected chi connectivity index (χ2v) is 5.50. The van der Waals surface area contributed by atoms with Gasteiger partial charge in [0.2, 0.25) is 0 Å². The minimum Gasteiger partial charge on any atom is -0.333 e. The average molecular weight is 337 g/mol. The number of urea groups is 1. The second-order valence-electron chi connectivity index (χ2n) is 4.58. The van der Waals surface area contributed by atoms with Crippen LogP contribution in [0.15, 0.2) is 29.3 Å². The maximum absolute atomic E-state index is 11.9. The Bertz CT molecular complexity index is 628. The predicted molar refractivity (Wildman–Crippen MR) is 76.2 cm³/mol. The lowest BCUT2D eigenvalue weighted by Crippen LogP contribution is -2.43. The maximum atomic E-state index is 11.9. The van der Waals surface area contributed by atoms with E-state index in [2.05, 4.69) is 41.6 Å². The summed E-state index contributed by atoms with van der Waals surface area (Å²) in [7, 11) is 0. The fourth-order valence-electron chi connectivity index (χ4n) is 2.19. The van der Waals surface area contributed by atoms with Crippen molar-refractivity contribution in [3.63, 3.8) is 0 Å². The first kappa shape index (κ1) is 13.0. The van der Waals surface area contributed by atoms with E-state index in [1.165, 1.54) is 0 Å². The van der Waals surface area contributed by atoms with Gasteiger partial charge in [-0.15, -0.1) is 0 Å². The molecule has 0 spiro atoms. The highest BCUT2D eigenvalue weighted by Gasteiger charge is 2.21. The van der Waals surface area contributed by atoms with E-state index >= 15 is 0 Å². The van der Waals surface area contributed by atoms with Crippen molar-refractivity contribution in [3.8, 4) is 0 Å². The molecule has 2 amide bonds. The third kappa shape index (κ3) is 2.96. The lowest BCUT2D eigenvalue weighted by atomic mass is 10.1. The number of pyridine rings is 1. The van der Waals surface area contributed by atoms with Crippen LogP contribution in [0.4, 0.5) is 10.5 Å². The Morgan fingerprint density at radius 1 is 1.45 bits per heavy atom. The molecule has 2 aromatic rings. The van der Waals surface area contributed by atoms with Gasteiger partial charge in [-0.25, -0.2) is 14.5 Å². The van der Waals surface area contributed by atoms with Crippen LogP contribution in [-0.4, -0.2) is 31.8 Å². The van der Waals surface area contributed by atoms with E-state index in [0.29, 0.717) is 12.2 Å². The first-order valence-electron chi connectivity index (χ1n) is 6.25. The molecule has 1 atom stereocenters. The van der Waals surface area contributed by atoms with E-state index in [4.69, 9.17) is 0 Å². The van der Waals surface area contributed by atoms with Crippen LogP contribution >= 0.6 is 15.9 Å². The fourth-order valence-corrected chi connectivity index (χ4v) is 2.55. The molecule has 8 heteroatoms. The van der Waals surface area contributed by atoms with Crippen LogP contribution in [0.2, 0.25) is 0 Å². The number of nitrogens with zero attached hydrogens (tertiary/aromatic N) is 4. The molecular weight excluding hydrogens is 324 g/mol. The summed E-state index contributed by atoms with van der Waals surface area (Å²) in [6, 6.07) is 1.62. The van der Waals surface area contributed by atoms with Crippen molar-refractivity contribution >= 4 is 27.6 Å². The average Bonchev–Trinajstić information content (AvgIpc) is 2.86. The number of aryl methyl sites for hydroxylation is 1. The fraction of sp³-hybridized carbons (Fsp3) is 0.333. The van der Waals surface area contributed by atoms with Crippen molar-refractivity contribution < 1.29 is 4.79 Å². The van der Waals surface area contributed by atoms with Gasteiger partial charge in [-0.05, 0) is 28.4 Å². The molecule has 0 aromatic carbocycles. The largest absolute Gasteiger partial charge is 0.333 e. The summed E-state index contributed by atoms with van der Waals surface area (Å²) in [6.45, 7) is 0.652. The molecule has 0 aliphatic carbocycles. The number of anilines is 1. The van der Waals surface area contributed by atoms with Crippen LogP contribution in [0.1, 0.15) is 12.2 Å². The zero-order valence-electron chi connectivity index (χ0n) is 10.6. The molecule has 3 heterocycles. The Kier molecular flexibility index (Phi) is 3.64. The number of carbonyl (C=O) groups is 1. The summed E-state index contributed by atoms with van der Waals surface area (Å²) >= 11 is 3.31. The molecule has 0 radical (unpaired) electrons. The summed E-state index contributed by atoms with van der Waals surface area (Å²) in [5, 5.41) is 9.82. The monoisotopic (exact) mass is 336 g/mol. The van der Waals surface area contributed by atoms with E-state index in [1.54, 1.807) is 24.8 Å². The van der Waals surface area contributed by atoms with Gasteiger partial charge in [0.15, 0.2) is 0 Å². The molecule has 1 aliphatic rings.